The quantitative estimate of drug-likeness (QED) is 0.548. The van der Waals surface area contributed by atoms with Gasteiger partial charge >= 0.3 is 0 Å². The molecule has 2 aromatic rings. The van der Waals surface area contributed by atoms with Crippen LogP contribution in [0.2, 0.25) is 0 Å². The molecule has 11 heteroatoms. The van der Waals surface area contributed by atoms with E-state index in [1.54, 1.807) is 24.3 Å². The Kier molecular flexibility index (Phi) is 7.35. The van der Waals surface area contributed by atoms with Gasteiger partial charge in [-0.2, -0.15) is 4.72 Å². The fourth-order valence-electron chi connectivity index (χ4n) is 2.53. The Balaban J connectivity index is 1.87. The number of aromatic nitrogens is 1. The van der Waals surface area contributed by atoms with Crippen molar-refractivity contribution in [3.8, 4) is 5.75 Å². The molecule has 1 aromatic heterocycles. The van der Waals surface area contributed by atoms with Gasteiger partial charge in [-0.25, -0.2) is 8.42 Å². The van der Waals surface area contributed by atoms with Gasteiger partial charge in [0.15, 0.2) is 5.76 Å². The van der Waals surface area contributed by atoms with Crippen LogP contribution >= 0.6 is 0 Å². The molecule has 0 radical (unpaired) electrons. The van der Waals surface area contributed by atoms with Gasteiger partial charge < -0.3 is 19.9 Å². The van der Waals surface area contributed by atoms with Gasteiger partial charge in [0, 0.05) is 5.69 Å². The van der Waals surface area contributed by atoms with Gasteiger partial charge in [0.2, 0.25) is 21.8 Å². The number of nitrogens with one attached hydrogen (secondary N) is 3. The molecule has 0 aliphatic carbocycles. The van der Waals surface area contributed by atoms with Crippen LogP contribution in [0.15, 0.2) is 33.7 Å². The van der Waals surface area contributed by atoms with E-state index >= 15 is 0 Å². The maximum Gasteiger partial charge on any atom is 0.246 e. The minimum Gasteiger partial charge on any atom is -0.494 e. The van der Waals surface area contributed by atoms with Crippen molar-refractivity contribution >= 4 is 27.5 Å². The Labute approximate surface area is 169 Å². The highest BCUT2D eigenvalue weighted by Gasteiger charge is 2.28. The molecular formula is C18H24N4O6S. The Morgan fingerprint density at radius 2 is 1.86 bits per heavy atom. The van der Waals surface area contributed by atoms with Crippen LogP contribution in [0.3, 0.4) is 0 Å². The monoisotopic (exact) mass is 424 g/mol. The summed E-state index contributed by atoms with van der Waals surface area (Å²) in [5.41, 5.74) is 0.734. The number of ether oxygens (including phenoxy) is 1. The van der Waals surface area contributed by atoms with Crippen molar-refractivity contribution in [1.29, 1.82) is 0 Å². The average molecular weight is 424 g/mol. The van der Waals surface area contributed by atoms with Crippen LogP contribution in [0, 0.1) is 13.8 Å². The standard InChI is InChI=1S/C18H24N4O6S/c1-5-27-15-8-6-14(7-9-15)20-16(23)10-19-18(24)12(3)22-29(25,26)17-11(2)21-28-13(17)4/h6-9,12,22H,5,10H2,1-4H3,(H,19,24)(H,20,23)/t12-/m0/s1. The second kappa shape index (κ2) is 9.52. The summed E-state index contributed by atoms with van der Waals surface area (Å²) in [5.74, 6) is -0.305. The zero-order valence-corrected chi connectivity index (χ0v) is 17.4. The lowest BCUT2D eigenvalue weighted by molar-refractivity contribution is -0.125. The first-order valence-electron chi connectivity index (χ1n) is 8.89. The third-order valence-corrected chi connectivity index (χ3v) is 5.62. The molecule has 0 unspecified atom stereocenters. The molecule has 0 aliphatic rings. The van der Waals surface area contributed by atoms with E-state index < -0.39 is 27.9 Å². The average Bonchev–Trinajstić information content (AvgIpc) is 3.00. The third-order valence-electron chi connectivity index (χ3n) is 3.83. The molecule has 10 nitrogen and oxygen atoms in total. The van der Waals surface area contributed by atoms with Crippen molar-refractivity contribution in [3.05, 3.63) is 35.7 Å². The summed E-state index contributed by atoms with van der Waals surface area (Å²) < 4.78 is 37.3. The minimum atomic E-state index is -4.00. The highest BCUT2D eigenvalue weighted by molar-refractivity contribution is 7.89. The number of amides is 2. The largest absolute Gasteiger partial charge is 0.494 e. The van der Waals surface area contributed by atoms with Gasteiger partial charge in [-0.15, -0.1) is 0 Å². The van der Waals surface area contributed by atoms with Crippen molar-refractivity contribution in [2.75, 3.05) is 18.5 Å². The number of aryl methyl sites for hydroxylation is 2. The van der Waals surface area contributed by atoms with Crippen molar-refractivity contribution in [2.24, 2.45) is 0 Å². The van der Waals surface area contributed by atoms with E-state index in [0.29, 0.717) is 18.0 Å². The van der Waals surface area contributed by atoms with Gasteiger partial charge in [-0.05, 0) is 52.0 Å². The summed E-state index contributed by atoms with van der Waals surface area (Å²) in [4.78, 5) is 24.0. The maximum absolute atomic E-state index is 12.4. The van der Waals surface area contributed by atoms with Crippen molar-refractivity contribution in [2.45, 2.75) is 38.6 Å². The first kappa shape index (κ1) is 22.4. The molecule has 0 aliphatic heterocycles. The van der Waals surface area contributed by atoms with Crippen LogP contribution in [0.25, 0.3) is 0 Å². The number of benzene rings is 1. The zero-order valence-electron chi connectivity index (χ0n) is 16.6. The molecule has 29 heavy (non-hydrogen) atoms. The maximum atomic E-state index is 12.4. The number of nitrogens with zero attached hydrogens (tertiary/aromatic N) is 1. The number of carbonyl (C=O) groups is 2. The predicted molar refractivity (Wildman–Crippen MR) is 105 cm³/mol. The number of carbonyl (C=O) groups excluding carboxylic acids is 2. The molecule has 0 saturated carbocycles. The summed E-state index contributed by atoms with van der Waals surface area (Å²) in [6.45, 7) is 6.41. The molecule has 3 N–H and O–H groups in total. The van der Waals surface area contributed by atoms with E-state index in [9.17, 15) is 18.0 Å². The zero-order chi connectivity index (χ0) is 21.6. The fraction of sp³-hybridized carbons (Fsp3) is 0.389. The Morgan fingerprint density at radius 3 is 2.41 bits per heavy atom. The van der Waals surface area contributed by atoms with Crippen LogP contribution in [0.1, 0.15) is 25.3 Å². The van der Waals surface area contributed by atoms with Crippen LogP contribution < -0.4 is 20.1 Å². The lowest BCUT2D eigenvalue weighted by Crippen LogP contribution is -2.46. The van der Waals surface area contributed by atoms with Crippen molar-refractivity contribution in [3.63, 3.8) is 0 Å². The number of rotatable bonds is 9. The van der Waals surface area contributed by atoms with E-state index in [4.69, 9.17) is 9.26 Å². The lowest BCUT2D eigenvalue weighted by atomic mass is 10.3. The van der Waals surface area contributed by atoms with Crippen LogP contribution in [-0.2, 0) is 19.6 Å². The molecule has 2 rings (SSSR count). The minimum absolute atomic E-state index is 0.106. The second-order valence-corrected chi connectivity index (χ2v) is 7.87. The first-order valence-corrected chi connectivity index (χ1v) is 10.4. The highest BCUT2D eigenvalue weighted by Crippen LogP contribution is 2.19. The number of hydrogen-bond donors (Lipinski definition) is 3. The summed E-state index contributed by atoms with van der Waals surface area (Å²) in [5, 5.41) is 8.61. The number of hydrogen-bond acceptors (Lipinski definition) is 7. The Bertz CT molecular complexity index is 949. The molecule has 158 valence electrons. The summed E-state index contributed by atoms with van der Waals surface area (Å²) in [6, 6.07) is 5.66. The first-order chi connectivity index (χ1) is 13.6. The molecule has 0 bridgehead atoms. The smallest absolute Gasteiger partial charge is 0.246 e. The molecule has 0 spiro atoms. The lowest BCUT2D eigenvalue weighted by Gasteiger charge is -2.14. The normalized spacial score (nSPS) is 12.3. The molecule has 0 saturated heterocycles. The molecule has 1 aromatic carbocycles. The van der Waals surface area contributed by atoms with Crippen LogP contribution in [0.4, 0.5) is 5.69 Å². The van der Waals surface area contributed by atoms with E-state index in [1.165, 1.54) is 20.8 Å². The molecule has 1 heterocycles. The molecule has 2 amide bonds. The topological polar surface area (TPSA) is 140 Å². The van der Waals surface area contributed by atoms with Crippen LogP contribution in [0.5, 0.6) is 5.75 Å². The molecule has 1 atom stereocenters. The fourth-order valence-corrected chi connectivity index (χ4v) is 4.06. The summed E-state index contributed by atoms with van der Waals surface area (Å²) in [6.07, 6.45) is 0. The second-order valence-electron chi connectivity index (χ2n) is 6.22. The van der Waals surface area contributed by atoms with E-state index in [0.717, 1.165) is 0 Å². The Hall–Kier alpha value is -2.92. The van der Waals surface area contributed by atoms with E-state index in [-0.39, 0.29) is 22.9 Å². The SMILES string of the molecule is CCOc1ccc(NC(=O)CNC(=O)[C@H](C)NS(=O)(=O)c2c(C)noc2C)cc1. The summed E-state index contributed by atoms with van der Waals surface area (Å²) >= 11 is 0. The third kappa shape index (κ3) is 6.03. The molecular weight excluding hydrogens is 400 g/mol. The van der Waals surface area contributed by atoms with E-state index in [2.05, 4.69) is 20.5 Å². The van der Waals surface area contributed by atoms with Gasteiger partial charge in [0.1, 0.15) is 16.3 Å². The van der Waals surface area contributed by atoms with Gasteiger partial charge in [-0.1, -0.05) is 5.16 Å². The van der Waals surface area contributed by atoms with Crippen molar-refractivity contribution in [1.82, 2.24) is 15.2 Å². The van der Waals surface area contributed by atoms with Crippen molar-refractivity contribution < 1.29 is 27.3 Å². The van der Waals surface area contributed by atoms with E-state index in [1.807, 2.05) is 6.92 Å². The Morgan fingerprint density at radius 1 is 1.21 bits per heavy atom. The van der Waals surface area contributed by atoms with Gasteiger partial charge in [0.25, 0.3) is 0 Å². The highest BCUT2D eigenvalue weighted by atomic mass is 32.2. The van der Waals surface area contributed by atoms with Gasteiger partial charge in [-0.3, -0.25) is 9.59 Å². The van der Waals surface area contributed by atoms with Gasteiger partial charge in [0.05, 0.1) is 19.2 Å². The molecule has 0 fully saturated rings. The number of sulfonamides is 1. The van der Waals surface area contributed by atoms with Crippen LogP contribution in [-0.4, -0.2) is 44.6 Å². The predicted octanol–water partition coefficient (Wildman–Crippen LogP) is 1.11. The number of anilines is 1. The summed E-state index contributed by atoms with van der Waals surface area (Å²) in [7, 11) is -4.00.